The van der Waals surface area contributed by atoms with Gasteiger partial charge in [-0.15, -0.1) is 0 Å². The molecule has 3 N–H and O–H groups in total. The SMILES string of the molecule is COc1ccc(NC(=O)C2CNCCO2)c(O)c1. The topological polar surface area (TPSA) is 79.8 Å². The number of amides is 1. The number of phenolic OH excluding ortho intramolecular Hbond substituents is 1. The first-order valence-corrected chi connectivity index (χ1v) is 5.71. The van der Waals surface area contributed by atoms with E-state index in [1.807, 2.05) is 0 Å². The quantitative estimate of drug-likeness (QED) is 0.675. The lowest BCUT2D eigenvalue weighted by atomic mass is 10.2. The zero-order valence-corrected chi connectivity index (χ0v) is 10.1. The monoisotopic (exact) mass is 252 g/mol. The van der Waals surface area contributed by atoms with E-state index >= 15 is 0 Å². The van der Waals surface area contributed by atoms with Gasteiger partial charge in [0.2, 0.25) is 0 Å². The summed E-state index contributed by atoms with van der Waals surface area (Å²) in [5.41, 5.74) is 0.343. The van der Waals surface area contributed by atoms with Crippen LogP contribution in [0.3, 0.4) is 0 Å². The second-order valence-electron chi connectivity index (χ2n) is 3.94. The van der Waals surface area contributed by atoms with Gasteiger partial charge in [-0.1, -0.05) is 0 Å². The summed E-state index contributed by atoms with van der Waals surface area (Å²) in [6, 6.07) is 4.69. The van der Waals surface area contributed by atoms with Gasteiger partial charge in [-0.3, -0.25) is 4.79 Å². The lowest BCUT2D eigenvalue weighted by Gasteiger charge is -2.22. The van der Waals surface area contributed by atoms with Crippen molar-refractivity contribution in [2.24, 2.45) is 0 Å². The Morgan fingerprint density at radius 2 is 2.44 bits per heavy atom. The summed E-state index contributed by atoms with van der Waals surface area (Å²) in [4.78, 5) is 11.9. The van der Waals surface area contributed by atoms with E-state index < -0.39 is 6.10 Å². The average Bonchev–Trinajstić information content (AvgIpc) is 2.42. The molecule has 6 heteroatoms. The van der Waals surface area contributed by atoms with Crippen LogP contribution >= 0.6 is 0 Å². The van der Waals surface area contributed by atoms with Gasteiger partial charge in [-0.2, -0.15) is 0 Å². The second kappa shape index (κ2) is 5.70. The number of methoxy groups -OCH3 is 1. The Bertz CT molecular complexity index is 430. The summed E-state index contributed by atoms with van der Waals surface area (Å²) in [6.45, 7) is 1.73. The normalized spacial score (nSPS) is 19.3. The summed E-state index contributed by atoms with van der Waals surface area (Å²) >= 11 is 0. The van der Waals surface area contributed by atoms with E-state index in [4.69, 9.17) is 9.47 Å². The maximum Gasteiger partial charge on any atom is 0.254 e. The van der Waals surface area contributed by atoms with E-state index in [0.717, 1.165) is 6.54 Å². The van der Waals surface area contributed by atoms with Crippen molar-refractivity contribution < 1.29 is 19.4 Å². The molecule has 1 saturated heterocycles. The number of carbonyl (C=O) groups is 1. The molecular weight excluding hydrogens is 236 g/mol. The van der Waals surface area contributed by atoms with Gasteiger partial charge in [0.05, 0.1) is 19.4 Å². The average molecular weight is 252 g/mol. The van der Waals surface area contributed by atoms with E-state index in [9.17, 15) is 9.90 Å². The van der Waals surface area contributed by atoms with Gasteiger partial charge in [-0.05, 0) is 12.1 Å². The first-order valence-electron chi connectivity index (χ1n) is 5.71. The first-order chi connectivity index (χ1) is 8.70. The van der Waals surface area contributed by atoms with Crippen molar-refractivity contribution in [2.75, 3.05) is 32.1 Å². The predicted molar refractivity (Wildman–Crippen MR) is 65.9 cm³/mol. The maximum atomic E-state index is 11.9. The van der Waals surface area contributed by atoms with Crippen LogP contribution in [0.1, 0.15) is 0 Å². The Morgan fingerprint density at radius 1 is 1.61 bits per heavy atom. The number of phenols is 1. The molecule has 2 rings (SSSR count). The molecule has 1 atom stereocenters. The Morgan fingerprint density at radius 3 is 3.06 bits per heavy atom. The first kappa shape index (κ1) is 12.7. The van der Waals surface area contributed by atoms with Crippen LogP contribution in [-0.2, 0) is 9.53 Å². The minimum absolute atomic E-state index is 0.0357. The van der Waals surface area contributed by atoms with Crippen molar-refractivity contribution in [2.45, 2.75) is 6.10 Å². The molecule has 1 amide bonds. The number of hydrogen-bond acceptors (Lipinski definition) is 5. The molecule has 18 heavy (non-hydrogen) atoms. The summed E-state index contributed by atoms with van der Waals surface area (Å²) in [7, 11) is 1.51. The molecule has 0 spiro atoms. The molecule has 0 radical (unpaired) electrons. The molecule has 1 unspecified atom stereocenters. The molecule has 0 bridgehead atoms. The molecule has 1 fully saturated rings. The number of ether oxygens (including phenoxy) is 2. The fourth-order valence-corrected chi connectivity index (χ4v) is 1.69. The summed E-state index contributed by atoms with van der Waals surface area (Å²) in [6.07, 6.45) is -0.528. The van der Waals surface area contributed by atoms with E-state index in [0.29, 0.717) is 24.6 Å². The van der Waals surface area contributed by atoms with E-state index in [1.165, 1.54) is 13.2 Å². The van der Waals surface area contributed by atoms with Gasteiger partial charge in [-0.25, -0.2) is 0 Å². The molecule has 98 valence electrons. The minimum atomic E-state index is -0.528. The van der Waals surface area contributed by atoms with Crippen molar-refractivity contribution >= 4 is 11.6 Å². The summed E-state index contributed by atoms with van der Waals surface area (Å²) in [5, 5.41) is 15.4. The van der Waals surface area contributed by atoms with Crippen LogP contribution < -0.4 is 15.4 Å². The highest BCUT2D eigenvalue weighted by molar-refractivity contribution is 5.95. The molecule has 1 aliphatic rings. The highest BCUT2D eigenvalue weighted by atomic mass is 16.5. The Kier molecular flexibility index (Phi) is 4.01. The Balaban J connectivity index is 2.02. The van der Waals surface area contributed by atoms with Crippen LogP contribution in [0.15, 0.2) is 18.2 Å². The zero-order chi connectivity index (χ0) is 13.0. The zero-order valence-electron chi connectivity index (χ0n) is 10.1. The minimum Gasteiger partial charge on any atom is -0.506 e. The van der Waals surface area contributed by atoms with Gasteiger partial charge in [0, 0.05) is 19.2 Å². The van der Waals surface area contributed by atoms with Gasteiger partial charge in [0.15, 0.2) is 0 Å². The van der Waals surface area contributed by atoms with Crippen molar-refractivity contribution in [1.29, 1.82) is 0 Å². The van der Waals surface area contributed by atoms with Crippen LogP contribution in [0.5, 0.6) is 11.5 Å². The Labute approximate surface area is 105 Å². The van der Waals surface area contributed by atoms with Crippen LogP contribution in [-0.4, -0.2) is 43.9 Å². The largest absolute Gasteiger partial charge is 0.506 e. The smallest absolute Gasteiger partial charge is 0.254 e. The van der Waals surface area contributed by atoms with E-state index in [-0.39, 0.29) is 11.7 Å². The molecule has 6 nitrogen and oxygen atoms in total. The van der Waals surface area contributed by atoms with Crippen LogP contribution in [0.25, 0.3) is 0 Å². The van der Waals surface area contributed by atoms with Crippen molar-refractivity contribution in [3.8, 4) is 11.5 Å². The molecule has 0 aromatic heterocycles. The number of hydrogen-bond donors (Lipinski definition) is 3. The highest BCUT2D eigenvalue weighted by Gasteiger charge is 2.22. The van der Waals surface area contributed by atoms with E-state index in [1.54, 1.807) is 12.1 Å². The van der Waals surface area contributed by atoms with Crippen LogP contribution in [0.2, 0.25) is 0 Å². The number of rotatable bonds is 3. The molecule has 0 saturated carbocycles. The van der Waals surface area contributed by atoms with Gasteiger partial charge >= 0.3 is 0 Å². The standard InChI is InChI=1S/C12H16N2O4/c1-17-8-2-3-9(10(15)6-8)14-12(16)11-7-13-4-5-18-11/h2-3,6,11,13,15H,4-5,7H2,1H3,(H,14,16). The molecular formula is C12H16N2O4. The van der Waals surface area contributed by atoms with Gasteiger partial charge in [0.25, 0.3) is 5.91 Å². The van der Waals surface area contributed by atoms with Gasteiger partial charge in [0.1, 0.15) is 17.6 Å². The second-order valence-corrected chi connectivity index (χ2v) is 3.94. The molecule has 1 aliphatic heterocycles. The number of carbonyl (C=O) groups excluding carboxylic acids is 1. The predicted octanol–water partition coefficient (Wildman–Crippen LogP) is 0.328. The highest BCUT2D eigenvalue weighted by Crippen LogP contribution is 2.27. The number of nitrogens with one attached hydrogen (secondary N) is 2. The van der Waals surface area contributed by atoms with Crippen molar-refractivity contribution in [1.82, 2.24) is 5.32 Å². The lowest BCUT2D eigenvalue weighted by Crippen LogP contribution is -2.45. The number of anilines is 1. The molecule has 1 aromatic carbocycles. The number of benzene rings is 1. The fraction of sp³-hybridized carbons (Fsp3) is 0.417. The summed E-state index contributed by atoms with van der Waals surface area (Å²) < 4.78 is 10.3. The third kappa shape index (κ3) is 2.91. The molecule has 0 aliphatic carbocycles. The van der Waals surface area contributed by atoms with Crippen LogP contribution in [0, 0.1) is 0 Å². The Hall–Kier alpha value is -1.79. The third-order valence-electron chi connectivity index (χ3n) is 2.68. The van der Waals surface area contributed by atoms with Crippen molar-refractivity contribution in [3.63, 3.8) is 0 Å². The fourth-order valence-electron chi connectivity index (χ4n) is 1.69. The number of morpholine rings is 1. The molecule has 1 heterocycles. The lowest BCUT2D eigenvalue weighted by molar-refractivity contribution is -0.128. The summed E-state index contributed by atoms with van der Waals surface area (Å²) in [5.74, 6) is 0.218. The van der Waals surface area contributed by atoms with Gasteiger partial charge < -0.3 is 25.2 Å². The van der Waals surface area contributed by atoms with Crippen LogP contribution in [0.4, 0.5) is 5.69 Å². The third-order valence-corrected chi connectivity index (χ3v) is 2.68. The maximum absolute atomic E-state index is 11.9. The van der Waals surface area contributed by atoms with E-state index in [2.05, 4.69) is 10.6 Å². The van der Waals surface area contributed by atoms with Crippen molar-refractivity contribution in [3.05, 3.63) is 18.2 Å². The molecule has 1 aromatic rings. The number of aromatic hydroxyl groups is 1.